The van der Waals surface area contributed by atoms with Gasteiger partial charge in [0.1, 0.15) is 11.9 Å². The van der Waals surface area contributed by atoms with Crippen LogP contribution in [0.25, 0.3) is 0 Å². The highest BCUT2D eigenvalue weighted by Gasteiger charge is 2.38. The number of thioether (sulfide) groups is 1. The van der Waals surface area contributed by atoms with Gasteiger partial charge < -0.3 is 14.4 Å². The lowest BCUT2D eigenvalue weighted by molar-refractivity contribution is -0.111. The predicted molar refractivity (Wildman–Crippen MR) is 136 cm³/mol. The van der Waals surface area contributed by atoms with Gasteiger partial charge in [0, 0.05) is 12.8 Å². The summed E-state index contributed by atoms with van der Waals surface area (Å²) in [6.45, 7) is 5.44. The highest BCUT2D eigenvalue weighted by atomic mass is 32.2. The quantitative estimate of drug-likeness (QED) is 0.298. The van der Waals surface area contributed by atoms with E-state index in [9.17, 15) is 9.59 Å². The molecule has 3 aromatic carbocycles. The third-order valence-electron chi connectivity index (χ3n) is 5.35. The van der Waals surface area contributed by atoms with Crippen LogP contribution in [0.5, 0.6) is 0 Å². The molecule has 0 spiro atoms. The second kappa shape index (κ2) is 10.7. The van der Waals surface area contributed by atoms with Gasteiger partial charge in [0.15, 0.2) is 0 Å². The van der Waals surface area contributed by atoms with E-state index >= 15 is 0 Å². The van der Waals surface area contributed by atoms with Crippen LogP contribution < -0.4 is 0 Å². The van der Waals surface area contributed by atoms with E-state index in [1.54, 1.807) is 18.8 Å². The maximum Gasteiger partial charge on any atom is 0.410 e. The smallest absolute Gasteiger partial charge is 0.410 e. The van der Waals surface area contributed by atoms with E-state index in [4.69, 9.17) is 4.74 Å². The molecule has 3 rings (SSSR count). The van der Waals surface area contributed by atoms with Gasteiger partial charge in [-0.05, 0) is 37.5 Å². The van der Waals surface area contributed by atoms with Gasteiger partial charge >= 0.3 is 6.09 Å². The van der Waals surface area contributed by atoms with Crippen molar-refractivity contribution in [3.05, 3.63) is 108 Å². The van der Waals surface area contributed by atoms with E-state index < -0.39 is 22.5 Å². The highest BCUT2D eigenvalue weighted by molar-refractivity contribution is 8.00. The van der Waals surface area contributed by atoms with Gasteiger partial charge in [0.25, 0.3) is 0 Å². The second-order valence-electron chi connectivity index (χ2n) is 8.88. The largest absolute Gasteiger partial charge is 0.444 e. The number of carbonyl (C=O) groups excluding carboxylic acids is 2. The first-order chi connectivity index (χ1) is 15.8. The summed E-state index contributed by atoms with van der Waals surface area (Å²) in [5.74, 6) is 0.401. The van der Waals surface area contributed by atoms with Crippen LogP contribution in [0, 0.1) is 0 Å². The third kappa shape index (κ3) is 5.85. The molecule has 0 fully saturated rings. The van der Waals surface area contributed by atoms with Crippen LogP contribution in [0.1, 0.15) is 37.5 Å². The van der Waals surface area contributed by atoms with Crippen LogP contribution in [-0.2, 0) is 14.3 Å². The lowest BCUT2D eigenvalue weighted by Gasteiger charge is -2.37. The Labute approximate surface area is 201 Å². The molecular weight excluding hydrogens is 430 g/mol. The second-order valence-corrected chi connectivity index (χ2v) is 10.1. The minimum absolute atomic E-state index is 0.401. The molecule has 4 nitrogen and oxygen atoms in total. The Bertz CT molecular complexity index is 936. The molecule has 172 valence electrons. The number of carbonyl (C=O) groups is 2. The summed E-state index contributed by atoms with van der Waals surface area (Å²) in [4.78, 5) is 26.1. The number of amides is 1. The predicted octanol–water partition coefficient (Wildman–Crippen LogP) is 6.15. The van der Waals surface area contributed by atoms with Gasteiger partial charge in [0.2, 0.25) is 0 Å². The molecule has 0 aliphatic rings. The fourth-order valence-electron chi connectivity index (χ4n) is 3.69. The average molecular weight is 462 g/mol. The van der Waals surface area contributed by atoms with Crippen molar-refractivity contribution in [1.82, 2.24) is 4.90 Å². The number of hydrogen-bond donors (Lipinski definition) is 0. The molecule has 1 atom stereocenters. The first-order valence-electron chi connectivity index (χ1n) is 11.0. The number of likely N-dealkylation sites (N-methyl/N-ethyl adjacent to an activating group) is 1. The molecule has 0 bridgehead atoms. The molecule has 0 heterocycles. The van der Waals surface area contributed by atoms with E-state index in [2.05, 4.69) is 36.4 Å². The lowest BCUT2D eigenvalue weighted by atomic mass is 9.84. The van der Waals surface area contributed by atoms with Crippen LogP contribution in [0.3, 0.4) is 0 Å². The van der Waals surface area contributed by atoms with Crippen LogP contribution in [0.15, 0.2) is 91.0 Å². The highest BCUT2D eigenvalue weighted by Crippen LogP contribution is 2.48. The summed E-state index contributed by atoms with van der Waals surface area (Å²) in [6.07, 6.45) is 0.313. The van der Waals surface area contributed by atoms with Gasteiger partial charge in [-0.15, -0.1) is 11.8 Å². The first kappa shape index (κ1) is 24.6. The molecular formula is C28H31NO3S. The van der Waals surface area contributed by atoms with E-state index in [0.29, 0.717) is 5.75 Å². The van der Waals surface area contributed by atoms with Crippen molar-refractivity contribution in [2.75, 3.05) is 12.8 Å². The summed E-state index contributed by atoms with van der Waals surface area (Å²) in [5, 5.41) is 0. The van der Waals surface area contributed by atoms with Crippen molar-refractivity contribution in [2.24, 2.45) is 0 Å². The molecule has 0 aliphatic carbocycles. The number of ether oxygens (including phenoxy) is 1. The average Bonchev–Trinajstić information content (AvgIpc) is 2.82. The molecule has 0 unspecified atom stereocenters. The van der Waals surface area contributed by atoms with E-state index in [0.717, 1.165) is 23.0 Å². The maximum atomic E-state index is 12.6. The third-order valence-corrected chi connectivity index (χ3v) is 7.00. The monoisotopic (exact) mass is 461 g/mol. The minimum Gasteiger partial charge on any atom is -0.444 e. The zero-order valence-electron chi connectivity index (χ0n) is 19.6. The van der Waals surface area contributed by atoms with Crippen molar-refractivity contribution in [3.8, 4) is 0 Å². The van der Waals surface area contributed by atoms with Crippen molar-refractivity contribution in [2.45, 2.75) is 37.2 Å². The molecule has 1 amide bonds. The standard InChI is InChI=1S/C28H31NO3S/c1-27(2,3)32-26(31)29(4)25(20-30)21-33-28(22-14-8-5-9-15-22,23-16-10-6-11-17-23)24-18-12-7-13-19-24/h5-20,25H,21H2,1-4H3/t25-/m1/s1. The van der Waals surface area contributed by atoms with E-state index in [-0.39, 0.29) is 0 Å². The Kier molecular flexibility index (Phi) is 7.98. The molecule has 0 aromatic heterocycles. The van der Waals surface area contributed by atoms with Gasteiger partial charge in [-0.2, -0.15) is 0 Å². The minimum atomic E-state index is -0.639. The van der Waals surface area contributed by atoms with Crippen LogP contribution in [-0.4, -0.2) is 41.7 Å². The van der Waals surface area contributed by atoms with Crippen LogP contribution in [0.4, 0.5) is 4.79 Å². The number of benzene rings is 3. The normalized spacial score (nSPS) is 12.6. The van der Waals surface area contributed by atoms with E-state index in [1.165, 1.54) is 4.90 Å². The lowest BCUT2D eigenvalue weighted by Crippen LogP contribution is -2.43. The van der Waals surface area contributed by atoms with E-state index in [1.807, 2.05) is 75.4 Å². The molecule has 0 aliphatic heterocycles. The molecule has 3 aromatic rings. The van der Waals surface area contributed by atoms with Gasteiger partial charge in [-0.25, -0.2) is 4.79 Å². The Balaban J connectivity index is 2.03. The SMILES string of the molecule is CN(C(=O)OC(C)(C)C)[C@H](C=O)CSC(c1ccccc1)(c1ccccc1)c1ccccc1. The van der Waals surface area contributed by atoms with Crippen molar-refractivity contribution < 1.29 is 14.3 Å². The van der Waals surface area contributed by atoms with Crippen LogP contribution in [0.2, 0.25) is 0 Å². The topological polar surface area (TPSA) is 46.6 Å². The molecule has 33 heavy (non-hydrogen) atoms. The summed E-state index contributed by atoms with van der Waals surface area (Å²) in [7, 11) is 1.61. The summed E-state index contributed by atoms with van der Waals surface area (Å²) < 4.78 is 4.93. The van der Waals surface area contributed by atoms with Gasteiger partial charge in [-0.3, -0.25) is 0 Å². The number of hydrogen-bond acceptors (Lipinski definition) is 4. The van der Waals surface area contributed by atoms with Crippen LogP contribution >= 0.6 is 11.8 Å². The zero-order chi connectivity index (χ0) is 23.9. The number of nitrogens with zero attached hydrogens (tertiary/aromatic N) is 1. The maximum absolute atomic E-state index is 12.6. The summed E-state index contributed by atoms with van der Waals surface area (Å²) in [5.41, 5.74) is 2.69. The number of aldehydes is 1. The molecule has 5 heteroatoms. The fraction of sp³-hybridized carbons (Fsp3) is 0.286. The van der Waals surface area contributed by atoms with Crippen molar-refractivity contribution in [3.63, 3.8) is 0 Å². The zero-order valence-corrected chi connectivity index (χ0v) is 20.4. The first-order valence-corrected chi connectivity index (χ1v) is 12.0. The number of rotatable bonds is 8. The van der Waals surface area contributed by atoms with Crippen molar-refractivity contribution in [1.29, 1.82) is 0 Å². The molecule has 0 N–H and O–H groups in total. The Hall–Kier alpha value is -3.05. The van der Waals surface area contributed by atoms with Crippen molar-refractivity contribution >= 4 is 24.1 Å². The van der Waals surface area contributed by atoms with Gasteiger partial charge in [-0.1, -0.05) is 91.0 Å². The Morgan fingerprint density at radius 2 is 1.24 bits per heavy atom. The fourth-order valence-corrected chi connectivity index (χ4v) is 5.32. The van der Waals surface area contributed by atoms with Gasteiger partial charge in [0.05, 0.1) is 10.8 Å². The molecule has 0 radical (unpaired) electrons. The summed E-state index contributed by atoms with van der Waals surface area (Å²) >= 11 is 1.64. The Morgan fingerprint density at radius 3 is 1.58 bits per heavy atom. The molecule has 0 saturated carbocycles. The Morgan fingerprint density at radius 1 is 0.848 bits per heavy atom. The molecule has 0 saturated heterocycles. The summed E-state index contributed by atoms with van der Waals surface area (Å²) in [6, 6.07) is 30.2.